The molecule has 3 aromatic carbocycles. The van der Waals surface area contributed by atoms with Gasteiger partial charge in [0.05, 0.1) is 28.3 Å². The van der Waals surface area contributed by atoms with E-state index in [1.807, 2.05) is 61.5 Å². The Labute approximate surface area is 225 Å². The second-order valence-electron chi connectivity index (χ2n) is 10.0. The summed E-state index contributed by atoms with van der Waals surface area (Å²) in [7, 11) is 2.14. The topological polar surface area (TPSA) is 83.2 Å². The fraction of sp³-hybridized carbons (Fsp3) is 0.310. The number of sulfonamides is 1. The number of rotatable bonds is 6. The number of hydrogen-bond donors (Lipinski definition) is 0. The molecular weight excluding hydrogens is 496 g/mol. The normalized spacial score (nSPS) is 18.3. The maximum absolute atomic E-state index is 13.8. The second-order valence-corrected chi connectivity index (χ2v) is 11.8. The fourth-order valence-corrected chi connectivity index (χ4v) is 6.30. The van der Waals surface area contributed by atoms with Gasteiger partial charge in [0.15, 0.2) is 0 Å². The van der Waals surface area contributed by atoms with Crippen molar-refractivity contribution in [2.45, 2.75) is 17.4 Å². The summed E-state index contributed by atoms with van der Waals surface area (Å²) in [5.41, 5.74) is 5.13. The van der Waals surface area contributed by atoms with Crippen molar-refractivity contribution in [2.24, 2.45) is 5.10 Å². The van der Waals surface area contributed by atoms with Crippen molar-refractivity contribution >= 4 is 27.1 Å². The Kier molecular flexibility index (Phi) is 7.11. The molecule has 0 N–H and O–H groups in total. The van der Waals surface area contributed by atoms with Crippen molar-refractivity contribution in [1.29, 1.82) is 5.26 Å². The van der Waals surface area contributed by atoms with Gasteiger partial charge in [-0.3, -0.25) is 0 Å². The molecule has 2 heterocycles. The van der Waals surface area contributed by atoms with E-state index < -0.39 is 16.1 Å². The minimum absolute atomic E-state index is 0.113. The van der Waals surface area contributed by atoms with Gasteiger partial charge in [-0.1, -0.05) is 24.3 Å². The molecule has 5 rings (SSSR count). The minimum atomic E-state index is -3.95. The first-order valence-corrected chi connectivity index (χ1v) is 14.1. The molecule has 1 unspecified atom stereocenters. The van der Waals surface area contributed by atoms with Gasteiger partial charge in [0.2, 0.25) is 0 Å². The highest BCUT2D eigenvalue weighted by Gasteiger charge is 2.37. The maximum Gasteiger partial charge on any atom is 0.279 e. The quantitative estimate of drug-likeness (QED) is 0.482. The number of piperazine rings is 1. The molecule has 3 aromatic rings. The highest BCUT2D eigenvalue weighted by molar-refractivity contribution is 7.89. The average Bonchev–Trinajstić information content (AvgIpc) is 3.40. The van der Waals surface area contributed by atoms with Crippen LogP contribution in [0.3, 0.4) is 0 Å². The van der Waals surface area contributed by atoms with Gasteiger partial charge in [-0.15, -0.1) is 0 Å². The van der Waals surface area contributed by atoms with Crippen molar-refractivity contribution < 1.29 is 8.42 Å². The Morgan fingerprint density at radius 1 is 0.895 bits per heavy atom. The van der Waals surface area contributed by atoms with Gasteiger partial charge in [0, 0.05) is 58.1 Å². The van der Waals surface area contributed by atoms with Crippen LogP contribution in [-0.2, 0) is 10.0 Å². The molecule has 0 spiro atoms. The second kappa shape index (κ2) is 10.5. The van der Waals surface area contributed by atoms with Gasteiger partial charge >= 0.3 is 0 Å². The Hall–Kier alpha value is -3.87. The van der Waals surface area contributed by atoms with Crippen LogP contribution in [0.4, 0.5) is 11.4 Å². The lowest BCUT2D eigenvalue weighted by Gasteiger charge is -2.34. The molecule has 8 nitrogen and oxygen atoms in total. The maximum atomic E-state index is 13.8. The molecule has 38 heavy (non-hydrogen) atoms. The van der Waals surface area contributed by atoms with Crippen molar-refractivity contribution in [2.75, 3.05) is 57.1 Å². The number of hydrogen-bond acceptors (Lipinski definition) is 7. The number of nitrogens with zero attached hydrogens (tertiary/aromatic N) is 6. The number of anilines is 2. The van der Waals surface area contributed by atoms with Crippen molar-refractivity contribution in [3.8, 4) is 6.07 Å². The van der Waals surface area contributed by atoms with E-state index in [4.69, 9.17) is 5.26 Å². The number of benzene rings is 3. The van der Waals surface area contributed by atoms with Crippen molar-refractivity contribution in [3.05, 3.63) is 89.5 Å². The minimum Gasteiger partial charge on any atom is -0.378 e. The first-order chi connectivity index (χ1) is 18.3. The van der Waals surface area contributed by atoms with E-state index in [1.165, 1.54) is 34.4 Å². The largest absolute Gasteiger partial charge is 0.378 e. The summed E-state index contributed by atoms with van der Waals surface area (Å²) >= 11 is 0. The molecule has 2 aliphatic rings. The highest BCUT2D eigenvalue weighted by atomic mass is 32.2. The van der Waals surface area contributed by atoms with Crippen molar-refractivity contribution in [3.63, 3.8) is 0 Å². The Balaban J connectivity index is 1.47. The summed E-state index contributed by atoms with van der Waals surface area (Å²) < 4.78 is 28.8. The zero-order chi connectivity index (χ0) is 26.9. The Bertz CT molecular complexity index is 1450. The van der Waals surface area contributed by atoms with Crippen LogP contribution < -0.4 is 9.80 Å². The molecule has 2 aliphatic heterocycles. The molecule has 0 aliphatic carbocycles. The molecule has 0 saturated carbocycles. The molecule has 9 heteroatoms. The van der Waals surface area contributed by atoms with Gasteiger partial charge in [0.1, 0.15) is 0 Å². The summed E-state index contributed by atoms with van der Waals surface area (Å²) in [6, 6.07) is 23.7. The molecule has 0 bridgehead atoms. The van der Waals surface area contributed by atoms with Crippen LogP contribution in [0.2, 0.25) is 0 Å². The van der Waals surface area contributed by atoms with Crippen LogP contribution >= 0.6 is 0 Å². The number of hydrazone groups is 1. The fourth-order valence-electron chi connectivity index (χ4n) is 4.87. The third-order valence-corrected chi connectivity index (χ3v) is 8.96. The number of likely N-dealkylation sites (N-methyl/N-ethyl adjacent to an activating group) is 1. The molecule has 196 valence electrons. The zero-order valence-electron chi connectivity index (χ0n) is 21.9. The van der Waals surface area contributed by atoms with Gasteiger partial charge in [0.25, 0.3) is 10.0 Å². The van der Waals surface area contributed by atoms with Crippen molar-refractivity contribution in [1.82, 2.24) is 9.31 Å². The summed E-state index contributed by atoms with van der Waals surface area (Å²) in [6.07, 6.45) is 0.463. The first kappa shape index (κ1) is 25.8. The summed E-state index contributed by atoms with van der Waals surface area (Å²) in [5.74, 6) is 0. The predicted molar refractivity (Wildman–Crippen MR) is 151 cm³/mol. The monoisotopic (exact) mass is 528 g/mol. The van der Waals surface area contributed by atoms with Gasteiger partial charge in [-0.05, 0) is 66.7 Å². The Morgan fingerprint density at radius 3 is 2.11 bits per heavy atom. The zero-order valence-corrected chi connectivity index (χ0v) is 22.8. The third kappa shape index (κ3) is 5.10. The number of nitriles is 1. The van der Waals surface area contributed by atoms with Crippen LogP contribution in [0.25, 0.3) is 0 Å². The molecule has 1 saturated heterocycles. The molecule has 0 amide bonds. The average molecular weight is 529 g/mol. The van der Waals surface area contributed by atoms with E-state index in [9.17, 15) is 8.42 Å². The Morgan fingerprint density at radius 2 is 1.53 bits per heavy atom. The summed E-state index contributed by atoms with van der Waals surface area (Å²) in [5, 5.41) is 13.8. The SMILES string of the molecule is CN1CCN(c2ccc(C3=NN(S(=O)(=O)c4ccc(C#N)cc4)C(c4ccc(N(C)C)cc4)C3)cc2)CC1. The van der Waals surface area contributed by atoms with Gasteiger partial charge in [-0.25, -0.2) is 0 Å². The predicted octanol–water partition coefficient (Wildman–Crippen LogP) is 3.92. The lowest BCUT2D eigenvalue weighted by Crippen LogP contribution is -2.44. The molecule has 0 aromatic heterocycles. The summed E-state index contributed by atoms with van der Waals surface area (Å²) in [6.45, 7) is 4.03. The van der Waals surface area contributed by atoms with Crippen LogP contribution in [0, 0.1) is 11.3 Å². The molecule has 0 radical (unpaired) electrons. The molecule has 1 atom stereocenters. The van der Waals surface area contributed by atoms with Gasteiger partial charge in [-0.2, -0.15) is 23.2 Å². The van der Waals surface area contributed by atoms with E-state index in [1.54, 1.807) is 0 Å². The molecule has 1 fully saturated rings. The smallest absolute Gasteiger partial charge is 0.279 e. The van der Waals surface area contributed by atoms with E-state index in [0.717, 1.165) is 48.7 Å². The highest BCUT2D eigenvalue weighted by Crippen LogP contribution is 2.38. The van der Waals surface area contributed by atoms with Crippen LogP contribution in [-0.4, -0.2) is 70.8 Å². The lowest BCUT2D eigenvalue weighted by molar-refractivity contribution is 0.313. The molecular formula is C29H32N6O2S. The third-order valence-electron chi connectivity index (χ3n) is 7.26. The first-order valence-electron chi connectivity index (χ1n) is 12.7. The summed E-state index contributed by atoms with van der Waals surface area (Å²) in [4.78, 5) is 6.82. The standard InChI is InChI=1S/C29H32N6O2S/c1-32(2)25-10-8-24(9-11-25)29-20-28(23-6-12-26(13-7-23)34-18-16-33(3)17-19-34)31-35(29)38(36,37)27-14-4-22(21-30)5-15-27/h4-15,29H,16-20H2,1-3H3. The van der Waals surface area contributed by atoms with Crippen LogP contribution in [0.15, 0.2) is 82.8 Å². The van der Waals surface area contributed by atoms with E-state index in [2.05, 4.69) is 34.1 Å². The lowest BCUT2D eigenvalue weighted by atomic mass is 9.98. The van der Waals surface area contributed by atoms with E-state index in [0.29, 0.717) is 12.0 Å². The van der Waals surface area contributed by atoms with E-state index in [-0.39, 0.29) is 4.90 Å². The van der Waals surface area contributed by atoms with Crippen LogP contribution in [0.5, 0.6) is 0 Å². The van der Waals surface area contributed by atoms with E-state index >= 15 is 0 Å². The van der Waals surface area contributed by atoms with Gasteiger partial charge < -0.3 is 14.7 Å². The van der Waals surface area contributed by atoms with Crippen LogP contribution in [0.1, 0.15) is 29.2 Å².